The Morgan fingerprint density at radius 2 is 1.70 bits per heavy atom. The summed E-state index contributed by atoms with van der Waals surface area (Å²) in [6.07, 6.45) is 1.16. The maximum atomic E-state index is 6.00. The number of para-hydroxylation sites is 1. The smallest absolute Gasteiger partial charge is 0.130 e. The van der Waals surface area contributed by atoms with Crippen LogP contribution in [0.4, 0.5) is 0 Å². The van der Waals surface area contributed by atoms with Crippen molar-refractivity contribution >= 4 is 0 Å². The zero-order valence-corrected chi connectivity index (χ0v) is 12.6. The number of nitrogens with one attached hydrogen (secondary N) is 1. The number of rotatable bonds is 6. The van der Waals surface area contributed by atoms with Gasteiger partial charge >= 0.3 is 0 Å². The molecule has 0 heterocycles. The van der Waals surface area contributed by atoms with Crippen LogP contribution < -0.4 is 10.1 Å². The molecule has 0 bridgehead atoms. The number of aryl methyl sites for hydroxylation is 2. The molecule has 0 radical (unpaired) electrons. The largest absolute Gasteiger partial charge is 0.457 e. The van der Waals surface area contributed by atoms with Crippen molar-refractivity contribution in [3.8, 4) is 11.5 Å². The lowest BCUT2D eigenvalue weighted by atomic mass is 10.1. The molecule has 2 rings (SSSR count). The molecule has 0 saturated heterocycles. The topological polar surface area (TPSA) is 21.3 Å². The summed E-state index contributed by atoms with van der Waals surface area (Å²) in [5.41, 5.74) is 3.62. The van der Waals surface area contributed by atoms with Crippen LogP contribution in [0.15, 0.2) is 42.5 Å². The zero-order valence-electron chi connectivity index (χ0n) is 12.6. The van der Waals surface area contributed by atoms with Crippen molar-refractivity contribution < 1.29 is 4.74 Å². The van der Waals surface area contributed by atoms with Crippen LogP contribution in [0.1, 0.15) is 30.0 Å². The Balaban J connectivity index is 2.08. The Labute approximate surface area is 121 Å². The average molecular weight is 269 g/mol. The summed E-state index contributed by atoms with van der Waals surface area (Å²) in [7, 11) is 0. The third-order valence-electron chi connectivity index (χ3n) is 3.31. The van der Waals surface area contributed by atoms with Crippen molar-refractivity contribution in [1.29, 1.82) is 0 Å². The third kappa shape index (κ3) is 3.84. The van der Waals surface area contributed by atoms with Crippen LogP contribution in [0.5, 0.6) is 11.5 Å². The molecule has 0 aromatic heterocycles. The molecule has 0 aliphatic rings. The van der Waals surface area contributed by atoms with Crippen LogP contribution in [0.3, 0.4) is 0 Å². The van der Waals surface area contributed by atoms with Crippen molar-refractivity contribution in [2.75, 3.05) is 6.54 Å². The van der Waals surface area contributed by atoms with E-state index in [2.05, 4.69) is 50.4 Å². The molecule has 0 spiro atoms. The molecule has 0 amide bonds. The van der Waals surface area contributed by atoms with E-state index in [1.807, 2.05) is 18.2 Å². The molecule has 0 fully saturated rings. The van der Waals surface area contributed by atoms with E-state index in [4.69, 9.17) is 4.74 Å². The first-order valence-corrected chi connectivity index (χ1v) is 7.24. The minimum Gasteiger partial charge on any atom is -0.457 e. The zero-order chi connectivity index (χ0) is 14.4. The summed E-state index contributed by atoms with van der Waals surface area (Å²) >= 11 is 0. The monoisotopic (exact) mass is 269 g/mol. The van der Waals surface area contributed by atoms with E-state index in [1.165, 1.54) is 11.1 Å². The van der Waals surface area contributed by atoms with Gasteiger partial charge in [0.25, 0.3) is 0 Å². The Kier molecular flexibility index (Phi) is 5.19. The Hall–Kier alpha value is -1.80. The number of hydrogen-bond acceptors (Lipinski definition) is 2. The average Bonchev–Trinajstić information content (AvgIpc) is 2.44. The minimum atomic E-state index is 0.916. The summed E-state index contributed by atoms with van der Waals surface area (Å²) in [6, 6.07) is 14.5. The quantitative estimate of drug-likeness (QED) is 0.774. The summed E-state index contributed by atoms with van der Waals surface area (Å²) in [4.78, 5) is 0. The van der Waals surface area contributed by atoms with E-state index in [0.717, 1.165) is 36.6 Å². The van der Waals surface area contributed by atoms with Gasteiger partial charge in [0.05, 0.1) is 0 Å². The first-order chi connectivity index (χ1) is 9.70. The van der Waals surface area contributed by atoms with Gasteiger partial charge in [-0.3, -0.25) is 0 Å². The normalized spacial score (nSPS) is 10.6. The lowest BCUT2D eigenvalue weighted by Crippen LogP contribution is -2.13. The molecular formula is C18H23NO. The highest BCUT2D eigenvalue weighted by atomic mass is 16.5. The predicted molar refractivity (Wildman–Crippen MR) is 84.4 cm³/mol. The second-order valence-corrected chi connectivity index (χ2v) is 5.14. The summed E-state index contributed by atoms with van der Waals surface area (Å²) < 4.78 is 6.00. The van der Waals surface area contributed by atoms with Gasteiger partial charge in [-0.05, 0) is 55.6 Å². The summed E-state index contributed by atoms with van der Waals surface area (Å²) in [5, 5.41) is 3.42. The van der Waals surface area contributed by atoms with E-state index < -0.39 is 0 Å². The predicted octanol–water partition coefficient (Wildman–Crippen LogP) is 4.60. The molecule has 20 heavy (non-hydrogen) atoms. The van der Waals surface area contributed by atoms with E-state index in [1.54, 1.807) is 0 Å². The fourth-order valence-corrected chi connectivity index (χ4v) is 2.13. The highest BCUT2D eigenvalue weighted by Crippen LogP contribution is 2.27. The fraction of sp³-hybridized carbons (Fsp3) is 0.333. The molecule has 2 aromatic carbocycles. The number of hydrogen-bond donors (Lipinski definition) is 1. The van der Waals surface area contributed by atoms with Gasteiger partial charge in [0, 0.05) is 6.54 Å². The van der Waals surface area contributed by atoms with Gasteiger partial charge < -0.3 is 10.1 Å². The van der Waals surface area contributed by atoms with Gasteiger partial charge in [-0.15, -0.1) is 0 Å². The van der Waals surface area contributed by atoms with Crippen molar-refractivity contribution in [1.82, 2.24) is 5.32 Å². The highest BCUT2D eigenvalue weighted by molar-refractivity contribution is 5.42. The molecule has 1 N–H and O–H groups in total. The molecular weight excluding hydrogens is 246 g/mol. The van der Waals surface area contributed by atoms with E-state index in [-0.39, 0.29) is 0 Å². The Morgan fingerprint density at radius 3 is 2.40 bits per heavy atom. The summed E-state index contributed by atoms with van der Waals surface area (Å²) in [5.74, 6) is 1.85. The van der Waals surface area contributed by atoms with Crippen LogP contribution in [-0.4, -0.2) is 6.54 Å². The molecule has 0 atom stereocenters. The maximum absolute atomic E-state index is 6.00. The lowest BCUT2D eigenvalue weighted by Gasteiger charge is -2.12. The first-order valence-electron chi connectivity index (χ1n) is 7.24. The van der Waals surface area contributed by atoms with E-state index >= 15 is 0 Å². The van der Waals surface area contributed by atoms with Crippen molar-refractivity contribution in [3.05, 3.63) is 59.2 Å². The number of ether oxygens (including phenoxy) is 1. The minimum absolute atomic E-state index is 0.916. The van der Waals surface area contributed by atoms with E-state index in [0.29, 0.717) is 0 Å². The first kappa shape index (κ1) is 14.6. The lowest BCUT2D eigenvalue weighted by molar-refractivity contribution is 0.475. The van der Waals surface area contributed by atoms with Crippen molar-refractivity contribution in [3.63, 3.8) is 0 Å². The molecule has 0 aliphatic heterocycles. The number of benzene rings is 2. The molecule has 0 unspecified atom stereocenters. The van der Waals surface area contributed by atoms with Crippen LogP contribution in [-0.2, 0) is 6.54 Å². The van der Waals surface area contributed by atoms with Crippen LogP contribution in [0, 0.1) is 13.8 Å². The molecule has 2 heteroatoms. The van der Waals surface area contributed by atoms with Crippen LogP contribution >= 0.6 is 0 Å². The Bertz CT molecular complexity index is 563. The molecule has 106 valence electrons. The van der Waals surface area contributed by atoms with Gasteiger partial charge in [-0.1, -0.05) is 37.3 Å². The second kappa shape index (κ2) is 7.11. The van der Waals surface area contributed by atoms with Gasteiger partial charge in [0.15, 0.2) is 0 Å². The SMILES string of the molecule is CCCNCc1ccc(Oc2ccccc2C)c(C)c1. The van der Waals surface area contributed by atoms with Gasteiger partial charge in [0.1, 0.15) is 11.5 Å². The fourth-order valence-electron chi connectivity index (χ4n) is 2.13. The van der Waals surface area contributed by atoms with Gasteiger partial charge in [-0.2, -0.15) is 0 Å². The molecule has 2 nitrogen and oxygen atoms in total. The third-order valence-corrected chi connectivity index (χ3v) is 3.31. The van der Waals surface area contributed by atoms with Crippen molar-refractivity contribution in [2.45, 2.75) is 33.7 Å². The maximum Gasteiger partial charge on any atom is 0.130 e. The van der Waals surface area contributed by atoms with E-state index in [9.17, 15) is 0 Å². The van der Waals surface area contributed by atoms with Gasteiger partial charge in [-0.25, -0.2) is 0 Å². The van der Waals surface area contributed by atoms with Gasteiger partial charge in [0.2, 0.25) is 0 Å². The Morgan fingerprint density at radius 1 is 0.950 bits per heavy atom. The van der Waals surface area contributed by atoms with Crippen LogP contribution in [0.25, 0.3) is 0 Å². The summed E-state index contributed by atoms with van der Waals surface area (Å²) in [6.45, 7) is 8.31. The second-order valence-electron chi connectivity index (χ2n) is 5.14. The van der Waals surface area contributed by atoms with Crippen LogP contribution in [0.2, 0.25) is 0 Å². The molecule has 2 aromatic rings. The molecule has 0 aliphatic carbocycles. The molecule has 0 saturated carbocycles. The highest BCUT2D eigenvalue weighted by Gasteiger charge is 2.04. The standard InChI is InChI=1S/C18H23NO/c1-4-11-19-13-16-9-10-18(15(3)12-16)20-17-8-6-5-7-14(17)2/h5-10,12,19H,4,11,13H2,1-3H3. The van der Waals surface area contributed by atoms with Crippen molar-refractivity contribution in [2.24, 2.45) is 0 Å².